The molecule has 1 aromatic heterocycles. The minimum atomic E-state index is -2.51. The second-order valence-corrected chi connectivity index (χ2v) is 8.22. The molecule has 0 radical (unpaired) electrons. The number of aromatic nitrogens is 2. The standard InChI is InChI=1S/C19H21BrF2N4O/c20-14-6-11-2-1-4-25(15(11)7-13(14)17(21)22)19-16-8-23-3-5-26(16)18(24-19)12-9-27-10-12/h6-7,12,17,23H,1-5,8-10H2. The molecule has 5 rings (SSSR count). The number of alkyl halides is 2. The van der Waals surface area contributed by atoms with E-state index >= 15 is 0 Å². The molecule has 0 amide bonds. The van der Waals surface area contributed by atoms with E-state index in [1.807, 2.05) is 6.07 Å². The molecule has 3 aliphatic rings. The number of nitrogens with one attached hydrogen (secondary N) is 1. The highest BCUT2D eigenvalue weighted by molar-refractivity contribution is 9.10. The number of aryl methyl sites for hydroxylation is 1. The zero-order valence-corrected chi connectivity index (χ0v) is 16.4. The lowest BCUT2D eigenvalue weighted by molar-refractivity contribution is 0.00327. The molecule has 0 unspecified atom stereocenters. The highest BCUT2D eigenvalue weighted by Crippen LogP contribution is 2.41. The number of imidazole rings is 1. The molecule has 8 heteroatoms. The van der Waals surface area contributed by atoms with Gasteiger partial charge in [-0.15, -0.1) is 0 Å². The number of halogens is 3. The monoisotopic (exact) mass is 438 g/mol. The first-order chi connectivity index (χ1) is 13.1. The Bertz CT molecular complexity index is 881. The highest BCUT2D eigenvalue weighted by Gasteiger charge is 2.33. The van der Waals surface area contributed by atoms with Gasteiger partial charge in [0.1, 0.15) is 5.82 Å². The van der Waals surface area contributed by atoms with Gasteiger partial charge in [-0.25, -0.2) is 13.8 Å². The van der Waals surface area contributed by atoms with E-state index in [0.29, 0.717) is 23.6 Å². The Balaban J connectivity index is 1.62. The third-order valence-corrected chi connectivity index (χ3v) is 6.38. The summed E-state index contributed by atoms with van der Waals surface area (Å²) in [7, 11) is 0. The first-order valence-corrected chi connectivity index (χ1v) is 10.2. The number of rotatable bonds is 3. The van der Waals surface area contributed by atoms with E-state index in [4.69, 9.17) is 9.72 Å². The summed E-state index contributed by atoms with van der Waals surface area (Å²) in [5.74, 6) is 2.32. The Morgan fingerprint density at radius 3 is 2.85 bits per heavy atom. The van der Waals surface area contributed by atoms with Gasteiger partial charge in [-0.05, 0) is 30.5 Å². The van der Waals surface area contributed by atoms with E-state index in [0.717, 1.165) is 67.6 Å². The molecule has 1 aromatic carbocycles. The van der Waals surface area contributed by atoms with Crippen LogP contribution in [0.25, 0.3) is 0 Å². The zero-order valence-electron chi connectivity index (χ0n) is 14.9. The van der Waals surface area contributed by atoms with E-state index < -0.39 is 6.43 Å². The predicted octanol–water partition coefficient (Wildman–Crippen LogP) is 3.88. The highest BCUT2D eigenvalue weighted by atomic mass is 79.9. The average Bonchev–Trinajstić information content (AvgIpc) is 2.98. The van der Waals surface area contributed by atoms with Crippen molar-refractivity contribution in [1.82, 2.24) is 14.9 Å². The topological polar surface area (TPSA) is 42.3 Å². The van der Waals surface area contributed by atoms with Crippen LogP contribution in [0.1, 0.15) is 41.4 Å². The van der Waals surface area contributed by atoms with Gasteiger partial charge in [0.25, 0.3) is 6.43 Å². The number of anilines is 2. The molecule has 1 fully saturated rings. The van der Waals surface area contributed by atoms with Gasteiger partial charge in [0, 0.05) is 41.9 Å². The maximum atomic E-state index is 13.5. The van der Waals surface area contributed by atoms with Gasteiger partial charge in [-0.3, -0.25) is 0 Å². The van der Waals surface area contributed by atoms with Crippen LogP contribution >= 0.6 is 15.9 Å². The Kier molecular flexibility index (Phi) is 4.44. The summed E-state index contributed by atoms with van der Waals surface area (Å²) in [6, 6.07) is 3.49. The molecule has 2 aromatic rings. The van der Waals surface area contributed by atoms with Crippen LogP contribution in [0.2, 0.25) is 0 Å². The number of benzene rings is 1. The Labute approximate surface area is 164 Å². The summed E-state index contributed by atoms with van der Waals surface area (Å²) in [5, 5.41) is 3.43. The molecule has 0 saturated carbocycles. The molecule has 5 nitrogen and oxygen atoms in total. The largest absolute Gasteiger partial charge is 0.380 e. The summed E-state index contributed by atoms with van der Waals surface area (Å²) < 4.78 is 35.1. The summed E-state index contributed by atoms with van der Waals surface area (Å²) in [6.07, 6.45) is -0.630. The maximum absolute atomic E-state index is 13.5. The molecule has 1 N–H and O–H groups in total. The van der Waals surface area contributed by atoms with E-state index in [2.05, 4.69) is 30.7 Å². The zero-order chi connectivity index (χ0) is 18.5. The van der Waals surface area contributed by atoms with Crippen LogP contribution in [0.4, 0.5) is 20.3 Å². The summed E-state index contributed by atoms with van der Waals surface area (Å²) in [5.41, 5.74) is 3.15. The number of hydrogen-bond donors (Lipinski definition) is 1. The van der Waals surface area contributed by atoms with Crippen molar-refractivity contribution in [1.29, 1.82) is 0 Å². The van der Waals surface area contributed by atoms with Gasteiger partial charge in [0.05, 0.1) is 24.8 Å². The van der Waals surface area contributed by atoms with Crippen LogP contribution in [-0.2, 0) is 24.2 Å². The van der Waals surface area contributed by atoms with Crippen molar-refractivity contribution in [3.8, 4) is 0 Å². The third kappa shape index (κ3) is 2.89. The lowest BCUT2D eigenvalue weighted by Crippen LogP contribution is -2.33. The lowest BCUT2D eigenvalue weighted by Gasteiger charge is -2.32. The summed E-state index contributed by atoms with van der Waals surface area (Å²) >= 11 is 3.31. The van der Waals surface area contributed by atoms with Crippen molar-refractivity contribution in [2.75, 3.05) is 31.2 Å². The predicted molar refractivity (Wildman–Crippen MR) is 102 cm³/mol. The molecule has 1 saturated heterocycles. The molecule has 3 aliphatic heterocycles. The van der Waals surface area contributed by atoms with Gasteiger partial charge in [0.15, 0.2) is 5.82 Å². The molecule has 27 heavy (non-hydrogen) atoms. The van der Waals surface area contributed by atoms with Crippen LogP contribution in [-0.4, -0.2) is 35.9 Å². The molecule has 0 spiro atoms. The molecule has 4 heterocycles. The third-order valence-electron chi connectivity index (χ3n) is 5.70. The van der Waals surface area contributed by atoms with Crippen molar-refractivity contribution in [2.24, 2.45) is 0 Å². The molecular weight excluding hydrogens is 418 g/mol. The fourth-order valence-electron chi connectivity index (χ4n) is 4.23. The first kappa shape index (κ1) is 17.6. The van der Waals surface area contributed by atoms with E-state index in [9.17, 15) is 8.78 Å². The van der Waals surface area contributed by atoms with Crippen LogP contribution in [0.3, 0.4) is 0 Å². The normalized spacial score (nSPS) is 19.8. The fraction of sp³-hybridized carbons (Fsp3) is 0.526. The summed E-state index contributed by atoms with van der Waals surface area (Å²) in [4.78, 5) is 7.14. The first-order valence-electron chi connectivity index (χ1n) is 9.39. The van der Waals surface area contributed by atoms with Crippen molar-refractivity contribution in [3.63, 3.8) is 0 Å². The Morgan fingerprint density at radius 2 is 2.11 bits per heavy atom. The van der Waals surface area contributed by atoms with E-state index in [1.165, 1.54) is 0 Å². The second kappa shape index (κ2) is 6.83. The van der Waals surface area contributed by atoms with Crippen LogP contribution < -0.4 is 10.2 Å². The van der Waals surface area contributed by atoms with Gasteiger partial charge in [-0.2, -0.15) is 0 Å². The quantitative estimate of drug-likeness (QED) is 0.789. The van der Waals surface area contributed by atoms with E-state index in [1.54, 1.807) is 6.07 Å². The van der Waals surface area contributed by atoms with Crippen molar-refractivity contribution < 1.29 is 13.5 Å². The minimum absolute atomic E-state index is 0.0412. The van der Waals surface area contributed by atoms with Crippen LogP contribution in [0.5, 0.6) is 0 Å². The smallest absolute Gasteiger partial charge is 0.265 e. The second-order valence-electron chi connectivity index (χ2n) is 7.36. The molecule has 0 aliphatic carbocycles. The number of ether oxygens (including phenoxy) is 1. The van der Waals surface area contributed by atoms with Crippen molar-refractivity contribution in [3.05, 3.63) is 39.3 Å². The van der Waals surface area contributed by atoms with Crippen molar-refractivity contribution >= 4 is 27.4 Å². The lowest BCUT2D eigenvalue weighted by atomic mass is 9.99. The number of fused-ring (bicyclic) bond motifs is 2. The molecule has 144 valence electrons. The Hall–Kier alpha value is -1.51. The van der Waals surface area contributed by atoms with Crippen LogP contribution in [0.15, 0.2) is 16.6 Å². The average molecular weight is 439 g/mol. The molecule has 0 bridgehead atoms. The number of nitrogens with zero attached hydrogens (tertiary/aromatic N) is 3. The minimum Gasteiger partial charge on any atom is -0.380 e. The van der Waals surface area contributed by atoms with Gasteiger partial charge < -0.3 is 19.5 Å². The number of hydrogen-bond acceptors (Lipinski definition) is 4. The molecule has 0 atom stereocenters. The molecular formula is C19H21BrF2N4O. The van der Waals surface area contributed by atoms with Crippen LogP contribution in [0, 0.1) is 0 Å². The maximum Gasteiger partial charge on any atom is 0.265 e. The van der Waals surface area contributed by atoms with E-state index in [-0.39, 0.29) is 5.56 Å². The van der Waals surface area contributed by atoms with Gasteiger partial charge in [-0.1, -0.05) is 15.9 Å². The fourth-order valence-corrected chi connectivity index (χ4v) is 4.80. The SMILES string of the molecule is FC(F)c1cc2c(cc1Br)CCCN2c1nc(C2COC2)n2c1CNCC2. The summed E-state index contributed by atoms with van der Waals surface area (Å²) in [6.45, 7) is 4.77. The van der Waals surface area contributed by atoms with Crippen molar-refractivity contribution in [2.45, 2.75) is 38.3 Å². The van der Waals surface area contributed by atoms with Gasteiger partial charge >= 0.3 is 0 Å². The van der Waals surface area contributed by atoms with Gasteiger partial charge in [0.2, 0.25) is 0 Å². The Morgan fingerprint density at radius 1 is 1.26 bits per heavy atom.